The van der Waals surface area contributed by atoms with Gasteiger partial charge in [0, 0.05) is 24.7 Å². The SMILES string of the molecule is COc1ccc(CCNc2ncc(-c3cc(C)no3)c(C3CC3)n2)cc1OC. The zero-order valence-corrected chi connectivity index (χ0v) is 16.4. The van der Waals surface area contributed by atoms with Crippen LogP contribution in [0.1, 0.15) is 35.7 Å². The fourth-order valence-electron chi connectivity index (χ4n) is 3.18. The Balaban J connectivity index is 1.45. The quantitative estimate of drug-likeness (QED) is 0.633. The first-order valence-electron chi connectivity index (χ1n) is 9.43. The lowest BCUT2D eigenvalue weighted by Crippen LogP contribution is -2.09. The van der Waals surface area contributed by atoms with Crippen LogP contribution >= 0.6 is 0 Å². The van der Waals surface area contributed by atoms with Crippen molar-refractivity contribution in [2.45, 2.75) is 32.1 Å². The molecule has 0 spiro atoms. The zero-order chi connectivity index (χ0) is 19.5. The van der Waals surface area contributed by atoms with Gasteiger partial charge in [0.2, 0.25) is 5.95 Å². The molecule has 0 radical (unpaired) electrons. The molecule has 7 nitrogen and oxygen atoms in total. The third kappa shape index (κ3) is 3.93. The second kappa shape index (κ2) is 7.88. The van der Waals surface area contributed by atoms with Crippen LogP contribution in [0.4, 0.5) is 5.95 Å². The van der Waals surface area contributed by atoms with E-state index in [1.54, 1.807) is 14.2 Å². The molecule has 1 saturated carbocycles. The standard InChI is InChI=1S/C21H24N4O3/c1-13-10-18(28-25-13)16-12-23-21(24-20(16)15-5-6-15)22-9-8-14-4-7-17(26-2)19(11-14)27-3/h4,7,10-12,15H,5-6,8-9H2,1-3H3,(H,22,23,24). The minimum atomic E-state index is 0.481. The van der Waals surface area contributed by atoms with Crippen LogP contribution in [0.3, 0.4) is 0 Å². The monoisotopic (exact) mass is 380 g/mol. The normalized spacial score (nSPS) is 13.4. The minimum absolute atomic E-state index is 0.481. The summed E-state index contributed by atoms with van der Waals surface area (Å²) in [5.41, 5.74) is 3.99. The molecule has 1 fully saturated rings. The average molecular weight is 380 g/mol. The lowest BCUT2D eigenvalue weighted by molar-refractivity contribution is 0.354. The van der Waals surface area contributed by atoms with Crippen LogP contribution < -0.4 is 14.8 Å². The molecule has 0 unspecified atom stereocenters. The van der Waals surface area contributed by atoms with E-state index in [4.69, 9.17) is 19.0 Å². The molecule has 0 aliphatic heterocycles. The molecule has 28 heavy (non-hydrogen) atoms. The summed E-state index contributed by atoms with van der Waals surface area (Å²) in [7, 11) is 3.28. The van der Waals surface area contributed by atoms with Crippen molar-refractivity contribution in [3.63, 3.8) is 0 Å². The molecule has 2 aromatic heterocycles. The van der Waals surface area contributed by atoms with E-state index in [0.717, 1.165) is 65.6 Å². The van der Waals surface area contributed by atoms with Crippen LogP contribution in [0.5, 0.6) is 11.5 Å². The smallest absolute Gasteiger partial charge is 0.222 e. The first-order valence-corrected chi connectivity index (χ1v) is 9.43. The van der Waals surface area contributed by atoms with Crippen LogP contribution in [0, 0.1) is 6.92 Å². The number of hydrogen-bond acceptors (Lipinski definition) is 7. The summed E-state index contributed by atoms with van der Waals surface area (Å²) >= 11 is 0. The Labute approximate surface area is 164 Å². The van der Waals surface area contributed by atoms with Crippen molar-refractivity contribution >= 4 is 5.95 Å². The van der Waals surface area contributed by atoms with E-state index in [0.29, 0.717) is 11.9 Å². The van der Waals surface area contributed by atoms with Crippen LogP contribution in [-0.4, -0.2) is 35.9 Å². The first-order chi connectivity index (χ1) is 13.7. The molecule has 3 aromatic rings. The molecule has 0 amide bonds. The van der Waals surface area contributed by atoms with Crippen LogP contribution in [0.2, 0.25) is 0 Å². The zero-order valence-electron chi connectivity index (χ0n) is 16.4. The predicted octanol–water partition coefficient (Wildman–Crippen LogP) is 3.99. The number of rotatable bonds is 8. The van der Waals surface area contributed by atoms with Crippen LogP contribution in [0.15, 0.2) is 35.0 Å². The van der Waals surface area contributed by atoms with Crippen molar-refractivity contribution < 1.29 is 14.0 Å². The highest BCUT2D eigenvalue weighted by molar-refractivity contribution is 5.62. The average Bonchev–Trinajstić information content (AvgIpc) is 3.48. The Kier molecular flexibility index (Phi) is 5.14. The van der Waals surface area contributed by atoms with Gasteiger partial charge in [-0.2, -0.15) is 0 Å². The highest BCUT2D eigenvalue weighted by atomic mass is 16.5. The highest BCUT2D eigenvalue weighted by Crippen LogP contribution is 2.43. The molecule has 0 bridgehead atoms. The first kappa shape index (κ1) is 18.3. The maximum atomic E-state index is 5.42. The van der Waals surface area contributed by atoms with Crippen LogP contribution in [-0.2, 0) is 6.42 Å². The van der Waals surface area contributed by atoms with E-state index in [1.807, 2.05) is 37.4 Å². The molecule has 1 aliphatic rings. The van der Waals surface area contributed by atoms with E-state index in [-0.39, 0.29) is 0 Å². The largest absolute Gasteiger partial charge is 0.493 e. The van der Waals surface area contributed by atoms with E-state index < -0.39 is 0 Å². The number of nitrogens with zero attached hydrogens (tertiary/aromatic N) is 3. The number of aromatic nitrogens is 3. The second-order valence-corrected chi connectivity index (χ2v) is 6.97. The Bertz CT molecular complexity index is 966. The molecule has 7 heteroatoms. The van der Waals surface area contributed by atoms with Gasteiger partial charge >= 0.3 is 0 Å². The maximum Gasteiger partial charge on any atom is 0.222 e. The van der Waals surface area contributed by atoms with Crippen molar-refractivity contribution in [1.82, 2.24) is 15.1 Å². The van der Waals surface area contributed by atoms with Gasteiger partial charge in [-0.3, -0.25) is 0 Å². The van der Waals surface area contributed by atoms with Gasteiger partial charge in [-0.15, -0.1) is 0 Å². The summed E-state index contributed by atoms with van der Waals surface area (Å²) in [6, 6.07) is 7.87. The Morgan fingerprint density at radius 2 is 1.96 bits per heavy atom. The van der Waals surface area contributed by atoms with Crippen molar-refractivity contribution in [1.29, 1.82) is 0 Å². The fraction of sp³-hybridized carbons (Fsp3) is 0.381. The predicted molar refractivity (Wildman–Crippen MR) is 106 cm³/mol. The molecule has 0 saturated heterocycles. The van der Waals surface area contributed by atoms with E-state index >= 15 is 0 Å². The fourth-order valence-corrected chi connectivity index (χ4v) is 3.18. The van der Waals surface area contributed by atoms with E-state index in [1.165, 1.54) is 0 Å². The van der Waals surface area contributed by atoms with Gasteiger partial charge in [-0.1, -0.05) is 11.2 Å². The minimum Gasteiger partial charge on any atom is -0.493 e. The summed E-state index contributed by atoms with van der Waals surface area (Å²) in [5, 5.41) is 7.31. The highest BCUT2D eigenvalue weighted by Gasteiger charge is 2.30. The van der Waals surface area contributed by atoms with Crippen molar-refractivity contribution in [3.8, 4) is 22.8 Å². The third-order valence-electron chi connectivity index (χ3n) is 4.82. The molecule has 146 valence electrons. The number of nitrogens with one attached hydrogen (secondary N) is 1. The molecule has 1 aromatic carbocycles. The van der Waals surface area contributed by atoms with Crippen molar-refractivity contribution in [2.75, 3.05) is 26.1 Å². The van der Waals surface area contributed by atoms with Crippen molar-refractivity contribution in [2.24, 2.45) is 0 Å². The summed E-state index contributed by atoms with van der Waals surface area (Å²) in [4.78, 5) is 9.23. The van der Waals surface area contributed by atoms with Gasteiger partial charge in [0.1, 0.15) is 0 Å². The van der Waals surface area contributed by atoms with Crippen LogP contribution in [0.25, 0.3) is 11.3 Å². The molecule has 2 heterocycles. The molecular weight excluding hydrogens is 356 g/mol. The topological polar surface area (TPSA) is 82.3 Å². The van der Waals surface area contributed by atoms with Gasteiger partial charge < -0.3 is 19.3 Å². The Morgan fingerprint density at radius 3 is 2.64 bits per heavy atom. The lowest BCUT2D eigenvalue weighted by Gasteiger charge is -2.11. The van der Waals surface area contributed by atoms with Gasteiger partial charge in [0.25, 0.3) is 0 Å². The molecule has 4 rings (SSSR count). The van der Waals surface area contributed by atoms with Gasteiger partial charge in [-0.25, -0.2) is 9.97 Å². The summed E-state index contributed by atoms with van der Waals surface area (Å²) in [5.74, 6) is 3.32. The van der Waals surface area contributed by atoms with E-state index in [9.17, 15) is 0 Å². The second-order valence-electron chi connectivity index (χ2n) is 6.97. The Hall–Kier alpha value is -3.09. The number of benzene rings is 1. The summed E-state index contributed by atoms with van der Waals surface area (Å²) < 4.78 is 16.1. The Morgan fingerprint density at radius 1 is 1.14 bits per heavy atom. The number of ether oxygens (including phenoxy) is 2. The molecular formula is C21H24N4O3. The van der Waals surface area contributed by atoms with Crippen molar-refractivity contribution in [3.05, 3.63) is 47.4 Å². The van der Waals surface area contributed by atoms with E-state index in [2.05, 4.69) is 15.5 Å². The lowest BCUT2D eigenvalue weighted by atomic mass is 10.1. The number of anilines is 1. The molecule has 0 atom stereocenters. The molecule has 1 aliphatic carbocycles. The van der Waals surface area contributed by atoms with Gasteiger partial charge in [0.05, 0.1) is 31.2 Å². The number of methoxy groups -OCH3 is 2. The van der Waals surface area contributed by atoms with Gasteiger partial charge in [-0.05, 0) is 43.9 Å². The number of aryl methyl sites for hydroxylation is 1. The summed E-state index contributed by atoms with van der Waals surface area (Å²) in [6.07, 6.45) is 4.97. The van der Waals surface area contributed by atoms with Gasteiger partial charge in [0.15, 0.2) is 17.3 Å². The maximum absolute atomic E-state index is 5.42. The molecule has 1 N–H and O–H groups in total. The number of hydrogen-bond donors (Lipinski definition) is 1. The third-order valence-corrected chi connectivity index (χ3v) is 4.82. The summed E-state index contributed by atoms with van der Waals surface area (Å²) in [6.45, 7) is 2.63.